The zero-order chi connectivity index (χ0) is 15.5. The molecule has 4 heteroatoms. The van der Waals surface area contributed by atoms with Crippen molar-refractivity contribution in [3.05, 3.63) is 77.9 Å². The minimum Gasteiger partial charge on any atom is -0.248 e. The summed E-state index contributed by atoms with van der Waals surface area (Å²) in [4.78, 5) is 4.42. The highest BCUT2D eigenvalue weighted by Crippen LogP contribution is 2.25. The van der Waals surface area contributed by atoms with Crippen LogP contribution in [-0.2, 0) is 0 Å². The van der Waals surface area contributed by atoms with Crippen LogP contribution in [0.4, 0.5) is 8.78 Å². The molecule has 0 N–H and O–H groups in total. The Morgan fingerprint density at radius 3 is 1.68 bits per heavy atom. The molecule has 0 saturated heterocycles. The summed E-state index contributed by atoms with van der Waals surface area (Å²) >= 11 is 0. The van der Waals surface area contributed by atoms with Gasteiger partial charge in [0.1, 0.15) is 11.6 Å². The second kappa shape index (κ2) is 5.74. The Balaban J connectivity index is 2.17. The number of nitrogens with zero attached hydrogens (tertiary/aromatic N) is 2. The zero-order valence-electron chi connectivity index (χ0n) is 11.4. The van der Waals surface area contributed by atoms with Gasteiger partial charge in [0, 0.05) is 11.1 Å². The Kier molecular flexibility index (Phi) is 3.63. The van der Waals surface area contributed by atoms with Crippen molar-refractivity contribution in [1.29, 1.82) is 5.26 Å². The van der Waals surface area contributed by atoms with Crippen molar-refractivity contribution in [2.75, 3.05) is 0 Å². The molecule has 22 heavy (non-hydrogen) atoms. The monoisotopic (exact) mass is 292 g/mol. The number of aromatic nitrogens is 1. The maximum Gasteiger partial charge on any atom is 0.123 e. The van der Waals surface area contributed by atoms with E-state index in [1.54, 1.807) is 36.4 Å². The molecule has 0 atom stereocenters. The van der Waals surface area contributed by atoms with Crippen molar-refractivity contribution < 1.29 is 8.78 Å². The third-order valence-electron chi connectivity index (χ3n) is 3.20. The van der Waals surface area contributed by atoms with Gasteiger partial charge in [-0.25, -0.2) is 13.8 Å². The number of benzene rings is 2. The fraction of sp³-hybridized carbons (Fsp3) is 0. The van der Waals surface area contributed by atoms with Crippen molar-refractivity contribution in [3.8, 4) is 28.6 Å². The van der Waals surface area contributed by atoms with Crippen LogP contribution in [-0.4, -0.2) is 4.98 Å². The normalized spacial score (nSPS) is 10.2. The maximum atomic E-state index is 13.4. The molecular formula is C18H10F2N2. The van der Waals surface area contributed by atoms with Crippen molar-refractivity contribution in [1.82, 2.24) is 4.98 Å². The molecule has 0 aliphatic rings. The number of halogens is 2. The molecule has 0 radical (unpaired) electrons. The van der Waals surface area contributed by atoms with Gasteiger partial charge >= 0.3 is 0 Å². The fourth-order valence-electron chi connectivity index (χ4n) is 2.19. The molecule has 0 saturated carbocycles. The standard InChI is InChI=1S/C18H10F2N2/c19-15-5-1-3-13(9-15)17-7-12(11-21)8-18(22-17)14-4-2-6-16(20)10-14/h1-10H. The van der Waals surface area contributed by atoms with Crippen LogP contribution in [0.5, 0.6) is 0 Å². The van der Waals surface area contributed by atoms with E-state index < -0.39 is 0 Å². The Morgan fingerprint density at radius 1 is 0.773 bits per heavy atom. The molecular weight excluding hydrogens is 282 g/mol. The van der Waals surface area contributed by atoms with Crippen LogP contribution in [0.3, 0.4) is 0 Å². The van der Waals surface area contributed by atoms with Crippen LogP contribution in [0, 0.1) is 23.0 Å². The van der Waals surface area contributed by atoms with Crippen molar-refractivity contribution in [2.24, 2.45) is 0 Å². The molecule has 0 spiro atoms. The first kappa shape index (κ1) is 13.9. The molecule has 2 nitrogen and oxygen atoms in total. The third kappa shape index (κ3) is 2.84. The van der Waals surface area contributed by atoms with E-state index in [0.29, 0.717) is 28.1 Å². The highest BCUT2D eigenvalue weighted by atomic mass is 19.1. The molecule has 0 fully saturated rings. The summed E-state index contributed by atoms with van der Waals surface area (Å²) in [5.74, 6) is -0.761. The van der Waals surface area contributed by atoms with Gasteiger partial charge in [-0.3, -0.25) is 0 Å². The molecule has 0 aliphatic carbocycles. The minimum atomic E-state index is -0.381. The lowest BCUT2D eigenvalue weighted by molar-refractivity contribution is 0.628. The second-order valence-electron chi connectivity index (χ2n) is 4.76. The summed E-state index contributed by atoms with van der Waals surface area (Å²) in [6, 6.07) is 17.2. The summed E-state index contributed by atoms with van der Waals surface area (Å²) < 4.78 is 26.7. The Hall–Kier alpha value is -3.06. The predicted octanol–water partition coefficient (Wildman–Crippen LogP) is 4.57. The molecule has 3 rings (SSSR count). The van der Waals surface area contributed by atoms with Crippen LogP contribution < -0.4 is 0 Å². The van der Waals surface area contributed by atoms with Crippen molar-refractivity contribution >= 4 is 0 Å². The largest absolute Gasteiger partial charge is 0.248 e. The SMILES string of the molecule is N#Cc1cc(-c2cccc(F)c2)nc(-c2cccc(F)c2)c1. The summed E-state index contributed by atoms with van der Waals surface area (Å²) in [6.45, 7) is 0. The average molecular weight is 292 g/mol. The lowest BCUT2D eigenvalue weighted by Gasteiger charge is -2.07. The molecule has 0 unspecified atom stereocenters. The van der Waals surface area contributed by atoms with Gasteiger partial charge in [-0.2, -0.15) is 5.26 Å². The molecule has 0 aliphatic heterocycles. The Bertz CT molecular complexity index is 819. The number of hydrogen-bond acceptors (Lipinski definition) is 2. The topological polar surface area (TPSA) is 36.7 Å². The molecule has 0 bridgehead atoms. The maximum absolute atomic E-state index is 13.4. The lowest BCUT2D eigenvalue weighted by Crippen LogP contribution is -1.92. The molecule has 1 heterocycles. The summed E-state index contributed by atoms with van der Waals surface area (Å²) in [7, 11) is 0. The molecule has 1 aromatic heterocycles. The number of nitriles is 1. The summed E-state index contributed by atoms with van der Waals surface area (Å²) in [5, 5.41) is 9.16. The van der Waals surface area contributed by atoms with Gasteiger partial charge in [0.2, 0.25) is 0 Å². The van der Waals surface area contributed by atoms with E-state index >= 15 is 0 Å². The van der Waals surface area contributed by atoms with E-state index in [9.17, 15) is 8.78 Å². The Labute approximate surface area is 126 Å². The minimum absolute atomic E-state index is 0.381. The third-order valence-corrected chi connectivity index (χ3v) is 3.20. The quantitative estimate of drug-likeness (QED) is 0.694. The van der Waals surface area contributed by atoms with Gasteiger partial charge in [-0.05, 0) is 36.4 Å². The van der Waals surface area contributed by atoms with Crippen LogP contribution >= 0.6 is 0 Å². The molecule has 0 amide bonds. The first-order valence-corrected chi connectivity index (χ1v) is 6.60. The second-order valence-corrected chi connectivity index (χ2v) is 4.76. The number of rotatable bonds is 2. The van der Waals surface area contributed by atoms with Gasteiger partial charge in [0.25, 0.3) is 0 Å². The highest BCUT2D eigenvalue weighted by Gasteiger charge is 2.08. The number of pyridine rings is 1. The molecule has 3 aromatic rings. The average Bonchev–Trinajstić information content (AvgIpc) is 2.54. The van der Waals surface area contributed by atoms with E-state index in [4.69, 9.17) is 5.26 Å². The van der Waals surface area contributed by atoms with E-state index in [-0.39, 0.29) is 11.6 Å². The first-order chi connectivity index (χ1) is 10.7. The predicted molar refractivity (Wildman–Crippen MR) is 79.7 cm³/mol. The first-order valence-electron chi connectivity index (χ1n) is 6.60. The van der Waals surface area contributed by atoms with Gasteiger partial charge in [0.15, 0.2) is 0 Å². The van der Waals surface area contributed by atoms with Gasteiger partial charge in [-0.15, -0.1) is 0 Å². The van der Waals surface area contributed by atoms with Gasteiger partial charge in [0.05, 0.1) is 23.0 Å². The summed E-state index contributed by atoms with van der Waals surface area (Å²) in [5.41, 5.74) is 2.45. The number of hydrogen-bond donors (Lipinski definition) is 0. The molecule has 106 valence electrons. The smallest absolute Gasteiger partial charge is 0.123 e. The van der Waals surface area contributed by atoms with Crippen molar-refractivity contribution in [2.45, 2.75) is 0 Å². The van der Waals surface area contributed by atoms with Crippen LogP contribution in [0.15, 0.2) is 60.7 Å². The summed E-state index contributed by atoms with van der Waals surface area (Å²) in [6.07, 6.45) is 0. The van der Waals surface area contributed by atoms with E-state index in [1.165, 1.54) is 24.3 Å². The van der Waals surface area contributed by atoms with Crippen LogP contribution in [0.2, 0.25) is 0 Å². The van der Waals surface area contributed by atoms with E-state index in [1.807, 2.05) is 6.07 Å². The molecule has 2 aromatic carbocycles. The lowest BCUT2D eigenvalue weighted by atomic mass is 10.0. The van der Waals surface area contributed by atoms with Gasteiger partial charge in [-0.1, -0.05) is 24.3 Å². The zero-order valence-corrected chi connectivity index (χ0v) is 11.4. The Morgan fingerprint density at radius 2 is 1.27 bits per heavy atom. The van der Waals surface area contributed by atoms with Crippen molar-refractivity contribution in [3.63, 3.8) is 0 Å². The van der Waals surface area contributed by atoms with Crippen LogP contribution in [0.1, 0.15) is 5.56 Å². The van der Waals surface area contributed by atoms with E-state index in [2.05, 4.69) is 4.98 Å². The van der Waals surface area contributed by atoms with Crippen LogP contribution in [0.25, 0.3) is 22.5 Å². The van der Waals surface area contributed by atoms with Gasteiger partial charge < -0.3 is 0 Å². The fourth-order valence-corrected chi connectivity index (χ4v) is 2.19. The van der Waals surface area contributed by atoms with E-state index in [0.717, 1.165) is 0 Å². The highest BCUT2D eigenvalue weighted by molar-refractivity contribution is 5.68.